The molecule has 1 saturated carbocycles. The third-order valence-corrected chi connectivity index (χ3v) is 5.95. The van der Waals surface area contributed by atoms with Crippen LogP contribution in [0.15, 0.2) is 29.3 Å². The number of nitrogens with zero attached hydrogens (tertiary/aromatic N) is 2. The molecule has 1 heterocycles. The summed E-state index contributed by atoms with van der Waals surface area (Å²) in [4.78, 5) is 7.43. The molecule has 156 valence electrons. The molecule has 28 heavy (non-hydrogen) atoms. The number of ether oxygens (including phenoxy) is 2. The van der Waals surface area contributed by atoms with Gasteiger partial charge in [-0.05, 0) is 37.5 Å². The summed E-state index contributed by atoms with van der Waals surface area (Å²) < 4.78 is 10.9. The first-order valence-electron chi connectivity index (χ1n) is 10.7. The molecule has 0 spiro atoms. The molecule has 6 heteroatoms. The summed E-state index contributed by atoms with van der Waals surface area (Å²) in [5, 5.41) is 6.92. The summed E-state index contributed by atoms with van der Waals surface area (Å²) in [7, 11) is 1.74. The first kappa shape index (κ1) is 20.9. The Bertz CT molecular complexity index is 623. The summed E-state index contributed by atoms with van der Waals surface area (Å²) >= 11 is 0. The maximum absolute atomic E-state index is 5.46. The molecule has 2 fully saturated rings. The van der Waals surface area contributed by atoms with Crippen LogP contribution in [-0.4, -0.2) is 70.5 Å². The molecule has 1 aliphatic carbocycles. The van der Waals surface area contributed by atoms with E-state index in [0.717, 1.165) is 64.2 Å². The van der Waals surface area contributed by atoms with E-state index in [4.69, 9.17) is 14.5 Å². The van der Waals surface area contributed by atoms with Crippen LogP contribution in [0, 0.1) is 0 Å². The van der Waals surface area contributed by atoms with Crippen molar-refractivity contribution in [2.45, 2.75) is 38.0 Å². The Balaban J connectivity index is 1.63. The second kappa shape index (κ2) is 10.7. The van der Waals surface area contributed by atoms with Crippen molar-refractivity contribution in [3.63, 3.8) is 0 Å². The first-order chi connectivity index (χ1) is 13.8. The van der Waals surface area contributed by atoms with E-state index in [1.54, 1.807) is 7.11 Å². The Morgan fingerprint density at radius 1 is 1.21 bits per heavy atom. The molecule has 6 nitrogen and oxygen atoms in total. The van der Waals surface area contributed by atoms with Crippen LogP contribution < -0.4 is 15.4 Å². The molecule has 0 atom stereocenters. The molecule has 1 saturated heterocycles. The second-order valence-corrected chi connectivity index (χ2v) is 7.80. The lowest BCUT2D eigenvalue weighted by molar-refractivity contribution is 0.0389. The summed E-state index contributed by atoms with van der Waals surface area (Å²) in [5.41, 5.74) is 1.48. The number of rotatable bonds is 8. The van der Waals surface area contributed by atoms with Crippen LogP contribution in [0.3, 0.4) is 0 Å². The van der Waals surface area contributed by atoms with Gasteiger partial charge in [0.15, 0.2) is 5.96 Å². The van der Waals surface area contributed by atoms with Crippen LogP contribution in [0.2, 0.25) is 0 Å². The van der Waals surface area contributed by atoms with E-state index in [-0.39, 0.29) is 5.41 Å². The van der Waals surface area contributed by atoms with Crippen LogP contribution in [0.1, 0.15) is 38.2 Å². The fourth-order valence-electron chi connectivity index (χ4n) is 4.27. The smallest absolute Gasteiger partial charge is 0.191 e. The molecule has 0 bridgehead atoms. The van der Waals surface area contributed by atoms with Gasteiger partial charge in [-0.25, -0.2) is 0 Å². The van der Waals surface area contributed by atoms with Gasteiger partial charge in [-0.2, -0.15) is 0 Å². The van der Waals surface area contributed by atoms with Crippen LogP contribution in [0.5, 0.6) is 5.75 Å². The molecular weight excluding hydrogens is 352 g/mol. The monoisotopic (exact) mass is 388 g/mol. The molecule has 0 aromatic heterocycles. The number of hydrogen-bond acceptors (Lipinski definition) is 4. The Kier molecular flexibility index (Phi) is 7.98. The highest BCUT2D eigenvalue weighted by molar-refractivity contribution is 5.79. The van der Waals surface area contributed by atoms with Crippen LogP contribution in [-0.2, 0) is 10.2 Å². The van der Waals surface area contributed by atoms with Crippen molar-refractivity contribution in [2.24, 2.45) is 4.99 Å². The topological polar surface area (TPSA) is 58.1 Å². The average Bonchev–Trinajstić information content (AvgIpc) is 3.23. The van der Waals surface area contributed by atoms with Gasteiger partial charge in [-0.15, -0.1) is 0 Å². The van der Waals surface area contributed by atoms with Gasteiger partial charge in [0, 0.05) is 38.1 Å². The zero-order chi connectivity index (χ0) is 19.7. The predicted molar refractivity (Wildman–Crippen MR) is 114 cm³/mol. The first-order valence-corrected chi connectivity index (χ1v) is 10.7. The van der Waals surface area contributed by atoms with Gasteiger partial charge in [-0.3, -0.25) is 9.89 Å². The molecule has 1 aliphatic heterocycles. The van der Waals surface area contributed by atoms with Crippen molar-refractivity contribution in [3.8, 4) is 5.75 Å². The molecule has 2 N–H and O–H groups in total. The average molecular weight is 389 g/mol. The standard InChI is InChI=1S/C22H36N4O2/c1-3-23-21(24-11-12-26-13-15-28-16-14-26)25-18-22(9-4-5-10-22)19-7-6-8-20(17-19)27-2/h6-8,17H,3-5,9-16,18H2,1-2H3,(H2,23,24,25). The third kappa shape index (κ3) is 5.61. The van der Waals surface area contributed by atoms with Crippen molar-refractivity contribution >= 4 is 5.96 Å². The maximum Gasteiger partial charge on any atom is 0.191 e. The predicted octanol–water partition coefficient (Wildman–Crippen LogP) is 2.39. The SMILES string of the molecule is CCNC(=NCC1(c2cccc(OC)c2)CCCC1)NCCN1CCOCC1. The molecule has 2 aliphatic rings. The van der Waals surface area contributed by atoms with Gasteiger partial charge >= 0.3 is 0 Å². The van der Waals surface area contributed by atoms with Crippen LogP contribution in [0.25, 0.3) is 0 Å². The summed E-state index contributed by atoms with van der Waals surface area (Å²) in [6.07, 6.45) is 4.93. The lowest BCUT2D eigenvalue weighted by Crippen LogP contribution is -2.44. The number of methoxy groups -OCH3 is 1. The van der Waals surface area contributed by atoms with Gasteiger partial charge < -0.3 is 20.1 Å². The van der Waals surface area contributed by atoms with Gasteiger partial charge in [0.1, 0.15) is 5.75 Å². The van der Waals surface area contributed by atoms with E-state index in [2.05, 4.69) is 40.7 Å². The van der Waals surface area contributed by atoms with E-state index in [0.29, 0.717) is 0 Å². The molecule has 0 unspecified atom stereocenters. The number of benzene rings is 1. The van der Waals surface area contributed by atoms with Crippen molar-refractivity contribution in [1.82, 2.24) is 15.5 Å². The van der Waals surface area contributed by atoms with E-state index in [1.807, 2.05) is 6.07 Å². The number of hydrogen-bond donors (Lipinski definition) is 2. The zero-order valence-corrected chi connectivity index (χ0v) is 17.5. The highest BCUT2D eigenvalue weighted by Gasteiger charge is 2.35. The lowest BCUT2D eigenvalue weighted by Gasteiger charge is -2.29. The molecule has 0 amide bonds. The van der Waals surface area contributed by atoms with Crippen molar-refractivity contribution in [1.29, 1.82) is 0 Å². The Morgan fingerprint density at radius 3 is 2.71 bits per heavy atom. The molecule has 1 aromatic carbocycles. The molecule has 3 rings (SSSR count). The quantitative estimate of drug-likeness (QED) is 0.529. The summed E-state index contributed by atoms with van der Waals surface area (Å²) in [6.45, 7) is 9.46. The van der Waals surface area contributed by atoms with Crippen LogP contribution in [0.4, 0.5) is 0 Å². The Morgan fingerprint density at radius 2 is 2.00 bits per heavy atom. The number of nitrogens with one attached hydrogen (secondary N) is 2. The minimum absolute atomic E-state index is 0.126. The molecular formula is C22H36N4O2. The van der Waals surface area contributed by atoms with Crippen LogP contribution >= 0.6 is 0 Å². The van der Waals surface area contributed by atoms with Crippen molar-refractivity contribution in [2.75, 3.05) is 59.6 Å². The van der Waals surface area contributed by atoms with Gasteiger partial charge in [0.2, 0.25) is 0 Å². The molecule has 1 aromatic rings. The maximum atomic E-state index is 5.46. The third-order valence-electron chi connectivity index (χ3n) is 5.95. The van der Waals surface area contributed by atoms with Crippen molar-refractivity contribution < 1.29 is 9.47 Å². The lowest BCUT2D eigenvalue weighted by atomic mass is 9.79. The van der Waals surface area contributed by atoms with Crippen molar-refractivity contribution in [3.05, 3.63) is 29.8 Å². The Hall–Kier alpha value is -1.79. The summed E-state index contributed by atoms with van der Waals surface area (Å²) in [6, 6.07) is 8.55. The molecule has 0 radical (unpaired) electrons. The van der Waals surface area contributed by atoms with E-state index in [1.165, 1.54) is 31.2 Å². The van der Waals surface area contributed by atoms with Gasteiger partial charge in [0.25, 0.3) is 0 Å². The highest BCUT2D eigenvalue weighted by atomic mass is 16.5. The fraction of sp³-hybridized carbons (Fsp3) is 0.682. The van der Waals surface area contributed by atoms with E-state index < -0.39 is 0 Å². The largest absolute Gasteiger partial charge is 0.497 e. The van der Waals surface area contributed by atoms with E-state index >= 15 is 0 Å². The van der Waals surface area contributed by atoms with Gasteiger partial charge in [-0.1, -0.05) is 25.0 Å². The minimum atomic E-state index is 0.126. The summed E-state index contributed by atoms with van der Waals surface area (Å²) in [5.74, 6) is 1.85. The normalized spacial score (nSPS) is 20.1. The Labute approximate surface area is 169 Å². The number of guanidine groups is 1. The van der Waals surface area contributed by atoms with E-state index in [9.17, 15) is 0 Å². The number of aliphatic imine (C=N–C) groups is 1. The zero-order valence-electron chi connectivity index (χ0n) is 17.5. The second-order valence-electron chi connectivity index (χ2n) is 7.80. The fourth-order valence-corrected chi connectivity index (χ4v) is 4.27. The van der Waals surface area contributed by atoms with Gasteiger partial charge in [0.05, 0.1) is 26.9 Å². The highest BCUT2D eigenvalue weighted by Crippen LogP contribution is 2.42. The minimum Gasteiger partial charge on any atom is -0.497 e. The number of morpholine rings is 1.